The second-order valence-electron chi connectivity index (χ2n) is 2.56. The molecule has 1 atom stereocenters. The third kappa shape index (κ3) is 1.68. The first kappa shape index (κ1) is 8.01. The second-order valence-corrected chi connectivity index (χ2v) is 2.56. The van der Waals surface area contributed by atoms with Gasteiger partial charge in [-0.3, -0.25) is 0 Å². The summed E-state index contributed by atoms with van der Waals surface area (Å²) in [5, 5.41) is 0. The molecule has 0 saturated heterocycles. The van der Waals surface area contributed by atoms with Crippen LogP contribution in [0.1, 0.15) is 18.5 Å². The van der Waals surface area contributed by atoms with E-state index in [2.05, 4.69) is 0 Å². The lowest BCUT2D eigenvalue weighted by molar-refractivity contribution is 0.627. The molecule has 3 heteroatoms. The van der Waals surface area contributed by atoms with Gasteiger partial charge < -0.3 is 11.5 Å². The van der Waals surface area contributed by atoms with E-state index in [1.54, 1.807) is 6.07 Å². The molecule has 0 radical (unpaired) electrons. The zero-order chi connectivity index (χ0) is 8.43. The lowest BCUT2D eigenvalue weighted by atomic mass is 10.1. The molecule has 2 nitrogen and oxygen atoms in total. The first-order chi connectivity index (χ1) is 5.11. The van der Waals surface area contributed by atoms with Crippen molar-refractivity contribution in [2.24, 2.45) is 5.73 Å². The number of rotatable bonds is 1. The molecule has 0 amide bonds. The highest BCUT2D eigenvalue weighted by Gasteiger charge is 2.03. The van der Waals surface area contributed by atoms with Crippen molar-refractivity contribution in [3.8, 4) is 0 Å². The van der Waals surface area contributed by atoms with Crippen LogP contribution in [0.5, 0.6) is 0 Å². The Morgan fingerprint density at radius 2 is 2.09 bits per heavy atom. The number of nitrogen functional groups attached to an aromatic ring is 1. The van der Waals surface area contributed by atoms with E-state index in [1.807, 2.05) is 6.92 Å². The van der Waals surface area contributed by atoms with Crippen molar-refractivity contribution in [1.82, 2.24) is 0 Å². The van der Waals surface area contributed by atoms with Crippen molar-refractivity contribution in [3.63, 3.8) is 0 Å². The lowest BCUT2D eigenvalue weighted by Crippen LogP contribution is -2.08. The minimum absolute atomic E-state index is 0.143. The van der Waals surface area contributed by atoms with E-state index in [4.69, 9.17) is 11.5 Å². The monoisotopic (exact) mass is 154 g/mol. The SMILES string of the molecule is C[C@H](N)c1ccc(F)cc1N. The summed E-state index contributed by atoms with van der Waals surface area (Å²) in [6.07, 6.45) is 0. The maximum Gasteiger partial charge on any atom is 0.125 e. The number of nitrogens with two attached hydrogens (primary N) is 2. The van der Waals surface area contributed by atoms with Crippen LogP contribution in [-0.2, 0) is 0 Å². The largest absolute Gasteiger partial charge is 0.398 e. The summed E-state index contributed by atoms with van der Waals surface area (Å²) in [5.74, 6) is -0.327. The van der Waals surface area contributed by atoms with E-state index in [9.17, 15) is 4.39 Å². The summed E-state index contributed by atoms with van der Waals surface area (Å²) >= 11 is 0. The molecule has 1 rings (SSSR count). The van der Waals surface area contributed by atoms with Crippen molar-refractivity contribution in [1.29, 1.82) is 0 Å². The Balaban J connectivity index is 3.09. The second kappa shape index (κ2) is 2.88. The van der Waals surface area contributed by atoms with E-state index in [0.717, 1.165) is 5.56 Å². The number of benzene rings is 1. The van der Waals surface area contributed by atoms with Crippen molar-refractivity contribution >= 4 is 5.69 Å². The Bertz CT molecular complexity index is 258. The summed E-state index contributed by atoms with van der Waals surface area (Å²) in [4.78, 5) is 0. The zero-order valence-corrected chi connectivity index (χ0v) is 6.34. The van der Waals surface area contributed by atoms with E-state index in [-0.39, 0.29) is 11.9 Å². The molecule has 0 bridgehead atoms. The van der Waals surface area contributed by atoms with Crippen molar-refractivity contribution in [2.45, 2.75) is 13.0 Å². The van der Waals surface area contributed by atoms with Gasteiger partial charge in [-0.2, -0.15) is 0 Å². The van der Waals surface area contributed by atoms with E-state index < -0.39 is 0 Å². The van der Waals surface area contributed by atoms with Gasteiger partial charge in [-0.25, -0.2) is 4.39 Å². The summed E-state index contributed by atoms with van der Waals surface area (Å²) < 4.78 is 12.5. The normalized spacial score (nSPS) is 13.0. The molecule has 4 N–H and O–H groups in total. The molecule has 60 valence electrons. The maximum absolute atomic E-state index is 12.5. The lowest BCUT2D eigenvalue weighted by Gasteiger charge is -2.08. The predicted octanol–water partition coefficient (Wildman–Crippen LogP) is 1.43. The van der Waals surface area contributed by atoms with Gasteiger partial charge in [0.25, 0.3) is 0 Å². The van der Waals surface area contributed by atoms with Gasteiger partial charge in [-0.1, -0.05) is 6.07 Å². The van der Waals surface area contributed by atoms with Crippen LogP contribution < -0.4 is 11.5 Å². The van der Waals surface area contributed by atoms with E-state index in [1.165, 1.54) is 12.1 Å². The molecule has 0 aliphatic carbocycles. The maximum atomic E-state index is 12.5. The van der Waals surface area contributed by atoms with Crippen LogP contribution in [0.25, 0.3) is 0 Å². The molecule has 0 saturated carbocycles. The van der Waals surface area contributed by atoms with Crippen LogP contribution in [-0.4, -0.2) is 0 Å². The van der Waals surface area contributed by atoms with Crippen LogP contribution in [0.3, 0.4) is 0 Å². The minimum atomic E-state index is -0.327. The van der Waals surface area contributed by atoms with Gasteiger partial charge in [-0.05, 0) is 24.6 Å². The number of hydrogen-bond donors (Lipinski definition) is 2. The van der Waals surface area contributed by atoms with Crippen LogP contribution in [0, 0.1) is 5.82 Å². The molecule has 0 fully saturated rings. The standard InChI is InChI=1S/C8H11FN2/c1-5(10)7-3-2-6(9)4-8(7)11/h2-5H,10-11H2,1H3/t5-/m0/s1. The van der Waals surface area contributed by atoms with Crippen molar-refractivity contribution < 1.29 is 4.39 Å². The number of hydrogen-bond acceptors (Lipinski definition) is 2. The highest BCUT2D eigenvalue weighted by Crippen LogP contribution is 2.18. The van der Waals surface area contributed by atoms with Gasteiger partial charge in [-0.15, -0.1) is 0 Å². The van der Waals surface area contributed by atoms with Crippen LogP contribution in [0.2, 0.25) is 0 Å². The summed E-state index contributed by atoms with van der Waals surface area (Å²) in [5.41, 5.74) is 12.3. The quantitative estimate of drug-likeness (QED) is 0.601. The molecule has 11 heavy (non-hydrogen) atoms. The molecule has 0 aliphatic rings. The third-order valence-electron chi connectivity index (χ3n) is 1.54. The Labute approximate surface area is 65.0 Å². The van der Waals surface area contributed by atoms with Gasteiger partial charge in [0.2, 0.25) is 0 Å². The summed E-state index contributed by atoms with van der Waals surface area (Å²) in [6, 6.07) is 4.10. The fraction of sp³-hybridized carbons (Fsp3) is 0.250. The van der Waals surface area contributed by atoms with E-state index in [0.29, 0.717) is 5.69 Å². The zero-order valence-electron chi connectivity index (χ0n) is 6.34. The molecule has 0 heterocycles. The fourth-order valence-corrected chi connectivity index (χ4v) is 0.960. The highest BCUT2D eigenvalue weighted by atomic mass is 19.1. The van der Waals surface area contributed by atoms with Crippen molar-refractivity contribution in [3.05, 3.63) is 29.6 Å². The molecule has 0 spiro atoms. The van der Waals surface area contributed by atoms with Crippen LogP contribution in [0.4, 0.5) is 10.1 Å². The first-order valence-corrected chi connectivity index (χ1v) is 3.42. The van der Waals surface area contributed by atoms with Gasteiger partial charge in [0.15, 0.2) is 0 Å². The third-order valence-corrected chi connectivity index (χ3v) is 1.54. The van der Waals surface area contributed by atoms with Crippen LogP contribution >= 0.6 is 0 Å². The summed E-state index contributed by atoms with van der Waals surface area (Å²) in [6.45, 7) is 1.81. The average Bonchev–Trinajstić information content (AvgIpc) is 1.85. The van der Waals surface area contributed by atoms with Crippen molar-refractivity contribution in [2.75, 3.05) is 5.73 Å². The molecular weight excluding hydrogens is 143 g/mol. The topological polar surface area (TPSA) is 52.0 Å². The minimum Gasteiger partial charge on any atom is -0.398 e. The molecular formula is C8H11FN2. The van der Waals surface area contributed by atoms with Gasteiger partial charge in [0.1, 0.15) is 5.82 Å². The summed E-state index contributed by atoms with van der Waals surface area (Å²) in [7, 11) is 0. The first-order valence-electron chi connectivity index (χ1n) is 3.42. The molecule has 0 aromatic heterocycles. The molecule has 1 aromatic rings. The smallest absolute Gasteiger partial charge is 0.125 e. The Kier molecular flexibility index (Phi) is 2.10. The predicted molar refractivity (Wildman–Crippen MR) is 43.4 cm³/mol. The van der Waals surface area contributed by atoms with Crippen LogP contribution in [0.15, 0.2) is 18.2 Å². The fourth-order valence-electron chi connectivity index (χ4n) is 0.960. The Morgan fingerprint density at radius 3 is 2.55 bits per heavy atom. The van der Waals surface area contributed by atoms with Gasteiger partial charge in [0, 0.05) is 11.7 Å². The highest BCUT2D eigenvalue weighted by molar-refractivity contribution is 5.48. The molecule has 0 aliphatic heterocycles. The average molecular weight is 154 g/mol. The number of halogens is 1. The van der Waals surface area contributed by atoms with Gasteiger partial charge in [0.05, 0.1) is 0 Å². The Morgan fingerprint density at radius 1 is 1.45 bits per heavy atom. The van der Waals surface area contributed by atoms with Gasteiger partial charge >= 0.3 is 0 Å². The molecule has 0 unspecified atom stereocenters. The number of anilines is 1. The van der Waals surface area contributed by atoms with E-state index >= 15 is 0 Å². The Hall–Kier alpha value is -1.09. The molecule has 1 aromatic carbocycles.